The molecular weight excluding hydrogens is 234 g/mol. The lowest BCUT2D eigenvalue weighted by atomic mass is 10.2. The van der Waals surface area contributed by atoms with Crippen molar-refractivity contribution in [3.05, 3.63) is 29.8 Å². The molecule has 0 aliphatic carbocycles. The van der Waals surface area contributed by atoms with Gasteiger partial charge in [-0.15, -0.1) is 0 Å². The third-order valence-corrected chi connectivity index (χ3v) is 2.96. The van der Waals surface area contributed by atoms with Gasteiger partial charge >= 0.3 is 5.97 Å². The molecule has 0 bridgehead atoms. The van der Waals surface area contributed by atoms with Gasteiger partial charge in [-0.05, 0) is 17.7 Å². The summed E-state index contributed by atoms with van der Waals surface area (Å²) in [5.41, 5.74) is 1.10. The zero-order valence-electron chi connectivity index (χ0n) is 10.3. The minimum atomic E-state index is -0.499. The SMILES string of the molecule is COC(=O)C1CN(Cc2ccc(O)cc2)CCO1. The molecule has 0 spiro atoms. The first-order valence-corrected chi connectivity index (χ1v) is 5.89. The number of carbonyl (C=O) groups excluding carboxylic acids is 1. The van der Waals surface area contributed by atoms with Crippen molar-refractivity contribution >= 4 is 5.97 Å². The molecule has 1 fully saturated rings. The zero-order chi connectivity index (χ0) is 13.0. The number of ether oxygens (including phenoxy) is 2. The predicted octanol–water partition coefficient (Wildman–Crippen LogP) is 0.766. The number of rotatable bonds is 3. The highest BCUT2D eigenvalue weighted by molar-refractivity contribution is 5.74. The Morgan fingerprint density at radius 1 is 1.50 bits per heavy atom. The van der Waals surface area contributed by atoms with Crippen LogP contribution in [0.5, 0.6) is 5.75 Å². The molecule has 18 heavy (non-hydrogen) atoms. The van der Waals surface area contributed by atoms with E-state index < -0.39 is 6.10 Å². The van der Waals surface area contributed by atoms with E-state index in [4.69, 9.17) is 4.74 Å². The molecule has 98 valence electrons. The summed E-state index contributed by atoms with van der Waals surface area (Å²) in [4.78, 5) is 13.5. The van der Waals surface area contributed by atoms with Crippen molar-refractivity contribution < 1.29 is 19.4 Å². The highest BCUT2D eigenvalue weighted by Gasteiger charge is 2.27. The third kappa shape index (κ3) is 3.21. The van der Waals surface area contributed by atoms with Crippen LogP contribution in [0.1, 0.15) is 5.56 Å². The Kier molecular flexibility index (Phi) is 4.17. The monoisotopic (exact) mass is 251 g/mol. The molecule has 1 atom stereocenters. The van der Waals surface area contributed by atoms with Crippen molar-refractivity contribution in [2.75, 3.05) is 26.8 Å². The molecule has 1 saturated heterocycles. The molecule has 0 radical (unpaired) electrons. The lowest BCUT2D eigenvalue weighted by Crippen LogP contribution is -2.46. The summed E-state index contributed by atoms with van der Waals surface area (Å²) in [6, 6.07) is 7.07. The largest absolute Gasteiger partial charge is 0.508 e. The number of carbonyl (C=O) groups is 1. The summed E-state index contributed by atoms with van der Waals surface area (Å²) < 4.78 is 10.0. The first-order chi connectivity index (χ1) is 8.69. The fraction of sp³-hybridized carbons (Fsp3) is 0.462. The van der Waals surface area contributed by atoms with Gasteiger partial charge in [-0.1, -0.05) is 12.1 Å². The number of morpholine rings is 1. The quantitative estimate of drug-likeness (QED) is 0.804. The highest BCUT2D eigenvalue weighted by Crippen LogP contribution is 2.14. The molecule has 1 aliphatic rings. The van der Waals surface area contributed by atoms with Gasteiger partial charge in [0.15, 0.2) is 6.10 Å². The van der Waals surface area contributed by atoms with Crippen LogP contribution in [0, 0.1) is 0 Å². The second-order valence-electron chi connectivity index (χ2n) is 4.28. The summed E-state index contributed by atoms with van der Waals surface area (Å²) in [5.74, 6) is -0.0708. The first-order valence-electron chi connectivity index (χ1n) is 5.89. The van der Waals surface area contributed by atoms with E-state index in [2.05, 4.69) is 9.64 Å². The van der Waals surface area contributed by atoms with E-state index in [1.165, 1.54) is 7.11 Å². The number of esters is 1. The van der Waals surface area contributed by atoms with E-state index in [1.54, 1.807) is 12.1 Å². The summed E-state index contributed by atoms with van der Waals surface area (Å²) >= 11 is 0. The van der Waals surface area contributed by atoms with Gasteiger partial charge in [0.1, 0.15) is 5.75 Å². The number of phenols is 1. The Labute approximate surface area is 106 Å². The van der Waals surface area contributed by atoms with Crippen LogP contribution in [0.4, 0.5) is 0 Å². The zero-order valence-corrected chi connectivity index (χ0v) is 10.3. The van der Waals surface area contributed by atoms with Gasteiger partial charge in [0, 0.05) is 19.6 Å². The fourth-order valence-electron chi connectivity index (χ4n) is 1.98. The van der Waals surface area contributed by atoms with Gasteiger partial charge < -0.3 is 14.6 Å². The van der Waals surface area contributed by atoms with Crippen LogP contribution in [0.25, 0.3) is 0 Å². The number of hydrogen-bond donors (Lipinski definition) is 1. The van der Waals surface area contributed by atoms with Crippen LogP contribution < -0.4 is 0 Å². The molecule has 1 aromatic rings. The van der Waals surface area contributed by atoms with Gasteiger partial charge in [0.05, 0.1) is 13.7 Å². The minimum absolute atomic E-state index is 0.258. The normalized spacial score (nSPS) is 20.6. The van der Waals surface area contributed by atoms with Gasteiger partial charge in [0.25, 0.3) is 0 Å². The molecule has 1 aliphatic heterocycles. The molecule has 0 amide bonds. The number of phenolic OH excluding ortho intramolecular Hbond substituents is 1. The van der Waals surface area contributed by atoms with Crippen LogP contribution in [0.3, 0.4) is 0 Å². The maximum atomic E-state index is 11.4. The van der Waals surface area contributed by atoms with E-state index in [0.717, 1.165) is 18.7 Å². The first kappa shape index (κ1) is 12.9. The van der Waals surface area contributed by atoms with Crippen LogP contribution in [-0.2, 0) is 20.8 Å². The second-order valence-corrected chi connectivity index (χ2v) is 4.28. The minimum Gasteiger partial charge on any atom is -0.508 e. The standard InChI is InChI=1S/C13H17NO4/c1-17-13(16)12-9-14(6-7-18-12)8-10-2-4-11(15)5-3-10/h2-5,12,15H,6-9H2,1H3. The molecule has 0 saturated carbocycles. The Morgan fingerprint density at radius 3 is 2.89 bits per heavy atom. The number of hydrogen-bond acceptors (Lipinski definition) is 5. The summed E-state index contributed by atoms with van der Waals surface area (Å²) in [7, 11) is 1.37. The van der Waals surface area contributed by atoms with Gasteiger partial charge in [-0.25, -0.2) is 4.79 Å². The van der Waals surface area contributed by atoms with E-state index in [1.807, 2.05) is 12.1 Å². The average molecular weight is 251 g/mol. The van der Waals surface area contributed by atoms with Crippen molar-refractivity contribution in [3.8, 4) is 5.75 Å². The van der Waals surface area contributed by atoms with Gasteiger partial charge in [-0.2, -0.15) is 0 Å². The molecular formula is C13H17NO4. The molecule has 1 unspecified atom stereocenters. The fourth-order valence-corrected chi connectivity index (χ4v) is 1.98. The van der Waals surface area contributed by atoms with Crippen molar-refractivity contribution in [3.63, 3.8) is 0 Å². The molecule has 5 nitrogen and oxygen atoms in total. The molecule has 5 heteroatoms. The van der Waals surface area contributed by atoms with Crippen LogP contribution in [0.15, 0.2) is 24.3 Å². The maximum Gasteiger partial charge on any atom is 0.336 e. The second kappa shape index (κ2) is 5.84. The lowest BCUT2D eigenvalue weighted by molar-refractivity contribution is -0.160. The summed E-state index contributed by atoms with van der Waals surface area (Å²) in [6.07, 6.45) is -0.499. The molecule has 0 aromatic heterocycles. The lowest BCUT2D eigenvalue weighted by Gasteiger charge is -2.31. The van der Waals surface area contributed by atoms with E-state index >= 15 is 0 Å². The third-order valence-electron chi connectivity index (χ3n) is 2.96. The van der Waals surface area contributed by atoms with Crippen LogP contribution in [-0.4, -0.2) is 48.9 Å². The van der Waals surface area contributed by atoms with Gasteiger partial charge in [-0.3, -0.25) is 4.90 Å². The molecule has 2 rings (SSSR count). The number of nitrogens with zero attached hydrogens (tertiary/aromatic N) is 1. The molecule has 1 N–H and O–H groups in total. The number of benzene rings is 1. The topological polar surface area (TPSA) is 59.0 Å². The molecule has 1 aromatic carbocycles. The summed E-state index contributed by atoms with van der Waals surface area (Å²) in [5, 5.41) is 9.21. The van der Waals surface area contributed by atoms with Crippen molar-refractivity contribution in [1.29, 1.82) is 0 Å². The van der Waals surface area contributed by atoms with E-state index in [9.17, 15) is 9.90 Å². The smallest absolute Gasteiger partial charge is 0.336 e. The van der Waals surface area contributed by atoms with Crippen LogP contribution in [0.2, 0.25) is 0 Å². The van der Waals surface area contributed by atoms with E-state index in [0.29, 0.717) is 13.2 Å². The Balaban J connectivity index is 1.93. The molecule has 1 heterocycles. The van der Waals surface area contributed by atoms with Crippen LogP contribution >= 0.6 is 0 Å². The Bertz CT molecular complexity index is 404. The van der Waals surface area contributed by atoms with Gasteiger partial charge in [0.2, 0.25) is 0 Å². The Morgan fingerprint density at radius 2 is 2.22 bits per heavy atom. The van der Waals surface area contributed by atoms with Crippen molar-refractivity contribution in [2.24, 2.45) is 0 Å². The average Bonchev–Trinajstić information content (AvgIpc) is 2.41. The number of aromatic hydroxyl groups is 1. The van der Waals surface area contributed by atoms with Crippen molar-refractivity contribution in [1.82, 2.24) is 4.90 Å². The summed E-state index contributed by atoms with van der Waals surface area (Å²) in [6.45, 7) is 2.58. The number of methoxy groups -OCH3 is 1. The van der Waals surface area contributed by atoms with Crippen molar-refractivity contribution in [2.45, 2.75) is 12.6 Å². The maximum absolute atomic E-state index is 11.4. The Hall–Kier alpha value is -1.59. The highest BCUT2D eigenvalue weighted by atomic mass is 16.6. The predicted molar refractivity (Wildman–Crippen MR) is 65.1 cm³/mol. The van der Waals surface area contributed by atoms with E-state index in [-0.39, 0.29) is 11.7 Å².